The van der Waals surface area contributed by atoms with Crippen LogP contribution in [0.25, 0.3) is 5.57 Å². The molecule has 1 fully saturated rings. The molecule has 4 atom stereocenters. The highest BCUT2D eigenvalue weighted by Crippen LogP contribution is 2.58. The molecule has 4 rings (SSSR count). The van der Waals surface area contributed by atoms with E-state index in [2.05, 4.69) is 37.3 Å². The fraction of sp³-hybridized carbons (Fsp3) is 0.600. The fourth-order valence-corrected chi connectivity index (χ4v) is 4.89. The summed E-state index contributed by atoms with van der Waals surface area (Å²) in [6.07, 6.45) is 8.10. The van der Waals surface area contributed by atoms with Crippen molar-refractivity contribution < 1.29 is 5.11 Å². The molecule has 0 saturated heterocycles. The molecule has 0 aliphatic heterocycles. The van der Waals surface area contributed by atoms with E-state index in [4.69, 9.17) is 0 Å². The smallest absolute Gasteiger partial charge is 0.0599 e. The second kappa shape index (κ2) is 5.61. The van der Waals surface area contributed by atoms with Crippen molar-refractivity contribution in [2.75, 3.05) is 0 Å². The van der Waals surface area contributed by atoms with Gasteiger partial charge in [-0.15, -0.1) is 0 Å². The summed E-state index contributed by atoms with van der Waals surface area (Å²) in [5.41, 5.74) is 4.73. The van der Waals surface area contributed by atoms with Gasteiger partial charge in [0.05, 0.1) is 6.10 Å². The van der Waals surface area contributed by atoms with Crippen LogP contribution in [-0.2, 0) is 6.42 Å². The number of hydrogen-bond donors (Lipinski definition) is 1. The number of rotatable bonds is 0. The Hall–Kier alpha value is -1.08. The van der Waals surface area contributed by atoms with Crippen molar-refractivity contribution in [3.8, 4) is 0 Å². The predicted molar refractivity (Wildman–Crippen MR) is 89.0 cm³/mol. The van der Waals surface area contributed by atoms with Crippen LogP contribution in [0.3, 0.4) is 0 Å². The van der Waals surface area contributed by atoms with Gasteiger partial charge < -0.3 is 5.11 Å². The van der Waals surface area contributed by atoms with E-state index in [9.17, 15) is 5.11 Å². The highest BCUT2D eigenvalue weighted by atomic mass is 16.3. The zero-order chi connectivity index (χ0) is 15.0. The highest BCUT2D eigenvalue weighted by Gasteiger charge is 2.51. The van der Waals surface area contributed by atoms with Gasteiger partial charge in [0.25, 0.3) is 0 Å². The van der Waals surface area contributed by atoms with Gasteiger partial charge in [-0.3, -0.25) is 0 Å². The summed E-state index contributed by atoms with van der Waals surface area (Å²) in [7, 11) is 0. The van der Waals surface area contributed by atoms with Gasteiger partial charge in [0.2, 0.25) is 0 Å². The number of allylic oxidation sites excluding steroid dienone is 2. The van der Waals surface area contributed by atoms with Crippen LogP contribution in [0.15, 0.2) is 30.3 Å². The number of aryl methyl sites for hydroxylation is 1. The van der Waals surface area contributed by atoms with Crippen LogP contribution in [0.1, 0.15) is 57.6 Å². The third kappa shape index (κ3) is 2.17. The summed E-state index contributed by atoms with van der Waals surface area (Å²) in [5.74, 6) is 1.38. The van der Waals surface area contributed by atoms with Crippen molar-refractivity contribution in [3.05, 3.63) is 41.5 Å². The van der Waals surface area contributed by atoms with E-state index in [1.54, 1.807) is 5.57 Å². The molecule has 0 bridgehead atoms. The summed E-state index contributed by atoms with van der Waals surface area (Å²) in [5, 5.41) is 10.3. The van der Waals surface area contributed by atoms with Crippen molar-refractivity contribution >= 4 is 5.57 Å². The standard InChI is InChI=1S/C18H22O.C2H6/c1-18-11-10-14-13-5-3-2-4-12(13)6-7-15(14)16(18)8-9-17(18)19;1-2/h2-5,10,15-17,19H,6-9,11H2,1H3;1-2H3/t15?,16-,17-,18-;/m0./s1. The van der Waals surface area contributed by atoms with Gasteiger partial charge in [-0.2, -0.15) is 0 Å². The summed E-state index contributed by atoms with van der Waals surface area (Å²) in [6.45, 7) is 6.31. The predicted octanol–water partition coefficient (Wildman–Crippen LogP) is 4.84. The Morgan fingerprint density at radius 2 is 1.86 bits per heavy atom. The zero-order valence-corrected chi connectivity index (χ0v) is 13.6. The minimum atomic E-state index is -0.0903. The number of aliphatic hydroxyl groups excluding tert-OH is 1. The molecule has 1 unspecified atom stereocenters. The topological polar surface area (TPSA) is 20.2 Å². The van der Waals surface area contributed by atoms with Crippen LogP contribution in [0.4, 0.5) is 0 Å². The minimum Gasteiger partial charge on any atom is -0.393 e. The van der Waals surface area contributed by atoms with Crippen LogP contribution >= 0.6 is 0 Å². The van der Waals surface area contributed by atoms with Gasteiger partial charge in [-0.05, 0) is 60.6 Å². The monoisotopic (exact) mass is 284 g/mol. The van der Waals surface area contributed by atoms with E-state index in [-0.39, 0.29) is 11.5 Å². The molecule has 1 aromatic carbocycles. The molecular weight excluding hydrogens is 256 g/mol. The molecule has 0 spiro atoms. The summed E-state index contributed by atoms with van der Waals surface area (Å²) < 4.78 is 0. The second-order valence-electron chi connectivity index (χ2n) is 6.87. The average Bonchev–Trinajstić information content (AvgIpc) is 2.85. The lowest BCUT2D eigenvalue weighted by molar-refractivity contribution is 0.0251. The summed E-state index contributed by atoms with van der Waals surface area (Å²) in [4.78, 5) is 0. The van der Waals surface area contributed by atoms with Crippen LogP contribution in [0, 0.1) is 17.3 Å². The maximum absolute atomic E-state index is 10.3. The van der Waals surface area contributed by atoms with Gasteiger partial charge in [0, 0.05) is 5.41 Å². The first-order valence-corrected chi connectivity index (χ1v) is 8.66. The van der Waals surface area contributed by atoms with E-state index < -0.39 is 0 Å². The van der Waals surface area contributed by atoms with E-state index in [1.165, 1.54) is 30.4 Å². The van der Waals surface area contributed by atoms with Gasteiger partial charge in [-0.25, -0.2) is 0 Å². The van der Waals surface area contributed by atoms with Crippen molar-refractivity contribution in [1.82, 2.24) is 0 Å². The summed E-state index contributed by atoms with van der Waals surface area (Å²) >= 11 is 0. The average molecular weight is 284 g/mol. The number of aliphatic hydroxyl groups is 1. The lowest BCUT2D eigenvalue weighted by Gasteiger charge is -2.45. The normalized spacial score (nSPS) is 36.6. The fourth-order valence-electron chi connectivity index (χ4n) is 4.89. The molecule has 3 aliphatic rings. The van der Waals surface area contributed by atoms with Crippen molar-refractivity contribution in [2.24, 2.45) is 17.3 Å². The quantitative estimate of drug-likeness (QED) is 0.723. The molecule has 1 aromatic rings. The van der Waals surface area contributed by atoms with Gasteiger partial charge in [-0.1, -0.05) is 51.1 Å². The Balaban J connectivity index is 0.000000636. The Kier molecular flexibility index (Phi) is 3.96. The SMILES string of the molecule is CC.C[C@]12CC=C3c4ccccc4CCC3[C@@H]1CC[C@@H]2O. The molecule has 114 valence electrons. The first kappa shape index (κ1) is 14.8. The summed E-state index contributed by atoms with van der Waals surface area (Å²) in [6, 6.07) is 8.90. The van der Waals surface area contributed by atoms with Crippen LogP contribution < -0.4 is 0 Å². The highest BCUT2D eigenvalue weighted by molar-refractivity contribution is 5.73. The molecule has 1 N–H and O–H groups in total. The molecule has 0 radical (unpaired) electrons. The first-order valence-electron chi connectivity index (χ1n) is 8.66. The number of fused-ring (bicyclic) bond motifs is 5. The van der Waals surface area contributed by atoms with Gasteiger partial charge >= 0.3 is 0 Å². The lowest BCUT2D eigenvalue weighted by Crippen LogP contribution is -2.39. The Morgan fingerprint density at radius 1 is 1.10 bits per heavy atom. The van der Waals surface area contributed by atoms with E-state index in [0.29, 0.717) is 11.8 Å². The lowest BCUT2D eigenvalue weighted by atomic mass is 9.60. The second-order valence-corrected chi connectivity index (χ2v) is 6.87. The Bertz CT molecular complexity index is 545. The molecule has 1 nitrogen and oxygen atoms in total. The number of benzene rings is 1. The molecule has 1 heteroatoms. The Labute approximate surface area is 129 Å². The number of hydrogen-bond acceptors (Lipinski definition) is 1. The van der Waals surface area contributed by atoms with E-state index in [0.717, 1.165) is 12.8 Å². The molecule has 1 saturated carbocycles. The van der Waals surface area contributed by atoms with Gasteiger partial charge in [0.15, 0.2) is 0 Å². The van der Waals surface area contributed by atoms with E-state index in [1.807, 2.05) is 13.8 Å². The maximum Gasteiger partial charge on any atom is 0.0599 e. The first-order chi connectivity index (χ1) is 10.2. The van der Waals surface area contributed by atoms with Gasteiger partial charge in [0.1, 0.15) is 0 Å². The molecule has 3 aliphatic carbocycles. The van der Waals surface area contributed by atoms with Crippen LogP contribution in [0.2, 0.25) is 0 Å². The third-order valence-electron chi connectivity index (χ3n) is 6.06. The molecule has 0 heterocycles. The van der Waals surface area contributed by atoms with Crippen molar-refractivity contribution in [3.63, 3.8) is 0 Å². The van der Waals surface area contributed by atoms with Crippen molar-refractivity contribution in [2.45, 2.75) is 59.0 Å². The molecular formula is C20H28O. The largest absolute Gasteiger partial charge is 0.393 e. The third-order valence-corrected chi connectivity index (χ3v) is 6.06. The van der Waals surface area contributed by atoms with Crippen LogP contribution in [0.5, 0.6) is 0 Å². The minimum absolute atomic E-state index is 0.0903. The zero-order valence-electron chi connectivity index (χ0n) is 13.6. The molecule has 0 amide bonds. The van der Waals surface area contributed by atoms with E-state index >= 15 is 0 Å². The maximum atomic E-state index is 10.3. The Morgan fingerprint density at radius 3 is 2.67 bits per heavy atom. The molecule has 21 heavy (non-hydrogen) atoms. The molecule has 0 aromatic heterocycles. The van der Waals surface area contributed by atoms with Crippen LogP contribution in [-0.4, -0.2) is 11.2 Å². The van der Waals surface area contributed by atoms with Crippen molar-refractivity contribution in [1.29, 1.82) is 0 Å².